The molecule has 22 heavy (non-hydrogen) atoms. The third-order valence-corrected chi connectivity index (χ3v) is 4.02. The summed E-state index contributed by atoms with van der Waals surface area (Å²) in [4.78, 5) is 16.1. The summed E-state index contributed by atoms with van der Waals surface area (Å²) >= 11 is 0. The Kier molecular flexibility index (Phi) is 4.38. The number of benzene rings is 1. The molecule has 1 aliphatic rings. The molecule has 3 rings (SSSR count). The summed E-state index contributed by atoms with van der Waals surface area (Å²) in [6, 6.07) is 4.59. The van der Waals surface area contributed by atoms with E-state index in [9.17, 15) is 9.18 Å². The van der Waals surface area contributed by atoms with Crippen molar-refractivity contribution in [1.29, 1.82) is 0 Å². The number of hydrogen-bond acceptors (Lipinski definition) is 3. The largest absolute Gasteiger partial charge is 0.355 e. The van der Waals surface area contributed by atoms with Crippen LogP contribution in [-0.4, -0.2) is 35.1 Å². The second kappa shape index (κ2) is 6.44. The van der Waals surface area contributed by atoms with Gasteiger partial charge in [0.1, 0.15) is 11.6 Å². The van der Waals surface area contributed by atoms with Gasteiger partial charge in [-0.05, 0) is 37.4 Å². The lowest BCUT2D eigenvalue weighted by Gasteiger charge is -2.06. The first kappa shape index (κ1) is 15.0. The molecular weight excluding hydrogens is 283 g/mol. The average Bonchev–Trinajstić information content (AvgIpc) is 3.25. The molecule has 1 amide bonds. The van der Waals surface area contributed by atoms with E-state index >= 15 is 0 Å². The molecular formula is C16H21FN4O. The Morgan fingerprint density at radius 3 is 3.05 bits per heavy atom. The van der Waals surface area contributed by atoms with Crippen LogP contribution in [0.2, 0.25) is 0 Å². The smallest absolute Gasteiger partial charge is 0.233 e. The summed E-state index contributed by atoms with van der Waals surface area (Å²) in [5.74, 6) is 1.33. The van der Waals surface area contributed by atoms with E-state index in [1.807, 2.05) is 11.6 Å². The van der Waals surface area contributed by atoms with Gasteiger partial charge in [0.05, 0.1) is 17.6 Å². The Bertz CT molecular complexity index is 678. The lowest BCUT2D eigenvalue weighted by molar-refractivity contribution is -0.120. The van der Waals surface area contributed by atoms with Crippen LogP contribution in [0.3, 0.4) is 0 Å². The summed E-state index contributed by atoms with van der Waals surface area (Å²) in [6.45, 7) is 1.83. The molecule has 6 heteroatoms. The van der Waals surface area contributed by atoms with Gasteiger partial charge in [-0.25, -0.2) is 9.37 Å². The topological polar surface area (TPSA) is 59.0 Å². The molecule has 0 radical (unpaired) electrons. The third-order valence-electron chi connectivity index (χ3n) is 4.02. The predicted molar refractivity (Wildman–Crippen MR) is 83.0 cm³/mol. The van der Waals surface area contributed by atoms with E-state index in [1.165, 1.54) is 25.0 Å². The van der Waals surface area contributed by atoms with Crippen LogP contribution in [0.5, 0.6) is 0 Å². The normalized spacial score (nSPS) is 14.5. The minimum atomic E-state index is -0.285. The Morgan fingerprint density at radius 2 is 2.27 bits per heavy atom. The number of halogens is 1. The molecule has 0 aliphatic heterocycles. The van der Waals surface area contributed by atoms with Gasteiger partial charge < -0.3 is 15.2 Å². The Hall–Kier alpha value is -1.95. The summed E-state index contributed by atoms with van der Waals surface area (Å²) in [5.41, 5.74) is 1.55. The second-order valence-electron chi connectivity index (χ2n) is 5.89. The van der Waals surface area contributed by atoms with Crippen molar-refractivity contribution >= 4 is 16.9 Å². The number of aromatic nitrogens is 2. The first-order valence-electron chi connectivity index (χ1n) is 7.72. The maximum Gasteiger partial charge on any atom is 0.233 e. The number of aryl methyl sites for hydroxylation is 1. The van der Waals surface area contributed by atoms with Crippen LogP contribution in [0, 0.1) is 11.7 Å². The van der Waals surface area contributed by atoms with Crippen LogP contribution in [0.4, 0.5) is 4.39 Å². The molecule has 0 bridgehead atoms. The lowest BCUT2D eigenvalue weighted by atomic mass is 10.3. The highest BCUT2D eigenvalue weighted by Crippen LogP contribution is 2.27. The standard InChI is InChI=1S/C16H21FN4O/c1-21-14-5-4-12(17)8-13(14)20-15(21)6-7-19-16(22)10-18-9-11-2-3-11/h4-5,8,11,18H,2-3,6-7,9-10H2,1H3,(H,19,22). The quantitative estimate of drug-likeness (QED) is 0.812. The van der Waals surface area contributed by atoms with Gasteiger partial charge in [-0.2, -0.15) is 0 Å². The number of imidazole rings is 1. The van der Waals surface area contributed by atoms with Crippen LogP contribution in [0.15, 0.2) is 18.2 Å². The summed E-state index contributed by atoms with van der Waals surface area (Å²) in [5, 5.41) is 6.04. The molecule has 0 atom stereocenters. The summed E-state index contributed by atoms with van der Waals surface area (Å²) < 4.78 is 15.1. The fourth-order valence-electron chi connectivity index (χ4n) is 2.53. The number of hydrogen-bond donors (Lipinski definition) is 2. The van der Waals surface area contributed by atoms with E-state index in [2.05, 4.69) is 15.6 Å². The van der Waals surface area contributed by atoms with Gasteiger partial charge in [0.25, 0.3) is 0 Å². The number of rotatable bonds is 7. The molecule has 1 heterocycles. The minimum Gasteiger partial charge on any atom is -0.355 e. The van der Waals surface area contributed by atoms with Gasteiger partial charge in [-0.3, -0.25) is 4.79 Å². The van der Waals surface area contributed by atoms with E-state index in [-0.39, 0.29) is 11.7 Å². The van der Waals surface area contributed by atoms with E-state index in [4.69, 9.17) is 0 Å². The maximum absolute atomic E-state index is 13.2. The minimum absolute atomic E-state index is 0.00505. The van der Waals surface area contributed by atoms with Crippen LogP contribution in [-0.2, 0) is 18.3 Å². The Morgan fingerprint density at radius 1 is 1.45 bits per heavy atom. The number of carbonyl (C=O) groups excluding carboxylic acids is 1. The molecule has 2 aromatic rings. The molecule has 1 aromatic heterocycles. The molecule has 118 valence electrons. The van der Waals surface area contributed by atoms with E-state index in [0.29, 0.717) is 25.0 Å². The number of nitrogens with one attached hydrogen (secondary N) is 2. The van der Waals surface area contributed by atoms with Crippen LogP contribution >= 0.6 is 0 Å². The fourth-order valence-corrected chi connectivity index (χ4v) is 2.53. The highest BCUT2D eigenvalue weighted by Gasteiger charge is 2.20. The fraction of sp³-hybridized carbons (Fsp3) is 0.500. The SMILES string of the molecule is Cn1c(CCNC(=O)CNCC2CC2)nc2cc(F)ccc21. The van der Waals surface area contributed by atoms with Crippen molar-refractivity contribution < 1.29 is 9.18 Å². The molecule has 1 saturated carbocycles. The molecule has 0 unspecified atom stereocenters. The molecule has 1 aromatic carbocycles. The lowest BCUT2D eigenvalue weighted by Crippen LogP contribution is -2.35. The van der Waals surface area contributed by atoms with Crippen molar-refractivity contribution in [3.63, 3.8) is 0 Å². The monoisotopic (exact) mass is 304 g/mol. The van der Waals surface area contributed by atoms with Gasteiger partial charge in [0, 0.05) is 26.1 Å². The molecule has 0 saturated heterocycles. The zero-order valence-corrected chi connectivity index (χ0v) is 12.7. The Balaban J connectivity index is 1.48. The number of nitrogens with zero attached hydrogens (tertiary/aromatic N) is 2. The van der Waals surface area contributed by atoms with Gasteiger partial charge in [-0.1, -0.05) is 0 Å². The van der Waals surface area contributed by atoms with Gasteiger partial charge in [0.2, 0.25) is 5.91 Å². The van der Waals surface area contributed by atoms with E-state index < -0.39 is 0 Å². The molecule has 2 N–H and O–H groups in total. The van der Waals surface area contributed by atoms with Gasteiger partial charge in [-0.15, -0.1) is 0 Å². The van der Waals surface area contributed by atoms with E-state index in [1.54, 1.807) is 6.07 Å². The van der Waals surface area contributed by atoms with Crippen molar-refractivity contribution in [2.45, 2.75) is 19.3 Å². The van der Waals surface area contributed by atoms with Crippen molar-refractivity contribution in [2.75, 3.05) is 19.6 Å². The zero-order valence-electron chi connectivity index (χ0n) is 12.7. The van der Waals surface area contributed by atoms with Crippen LogP contribution < -0.4 is 10.6 Å². The van der Waals surface area contributed by atoms with Gasteiger partial charge >= 0.3 is 0 Å². The van der Waals surface area contributed by atoms with Crippen molar-refractivity contribution in [1.82, 2.24) is 20.2 Å². The van der Waals surface area contributed by atoms with E-state index in [0.717, 1.165) is 23.8 Å². The van der Waals surface area contributed by atoms with Crippen molar-refractivity contribution in [2.24, 2.45) is 13.0 Å². The third kappa shape index (κ3) is 3.62. The highest BCUT2D eigenvalue weighted by atomic mass is 19.1. The molecule has 1 aliphatic carbocycles. The Labute approximate surface area is 128 Å². The predicted octanol–water partition coefficient (Wildman–Crippen LogP) is 1.37. The number of fused-ring (bicyclic) bond motifs is 1. The van der Waals surface area contributed by atoms with Crippen molar-refractivity contribution in [3.05, 3.63) is 29.8 Å². The number of amides is 1. The van der Waals surface area contributed by atoms with Crippen molar-refractivity contribution in [3.8, 4) is 0 Å². The first-order valence-corrected chi connectivity index (χ1v) is 7.72. The van der Waals surface area contributed by atoms with Crippen LogP contribution in [0.25, 0.3) is 11.0 Å². The van der Waals surface area contributed by atoms with Gasteiger partial charge in [0.15, 0.2) is 0 Å². The first-order chi connectivity index (χ1) is 10.6. The number of carbonyl (C=O) groups is 1. The maximum atomic E-state index is 13.2. The molecule has 0 spiro atoms. The summed E-state index contributed by atoms with van der Waals surface area (Å²) in [6.07, 6.45) is 3.19. The molecule has 5 nitrogen and oxygen atoms in total. The zero-order chi connectivity index (χ0) is 15.5. The van der Waals surface area contributed by atoms with Crippen LogP contribution in [0.1, 0.15) is 18.7 Å². The molecule has 1 fully saturated rings. The summed E-state index contributed by atoms with van der Waals surface area (Å²) in [7, 11) is 1.90. The highest BCUT2D eigenvalue weighted by molar-refractivity contribution is 5.78. The second-order valence-corrected chi connectivity index (χ2v) is 5.89. The average molecular weight is 304 g/mol.